The summed E-state index contributed by atoms with van der Waals surface area (Å²) < 4.78 is 11.0. The molecule has 2 aromatic rings. The van der Waals surface area contributed by atoms with Gasteiger partial charge in [0.2, 0.25) is 17.7 Å². The number of nitrogen functional groups attached to an aromatic ring is 2. The van der Waals surface area contributed by atoms with Gasteiger partial charge in [-0.1, -0.05) is 37.3 Å². The van der Waals surface area contributed by atoms with Crippen LogP contribution in [0.25, 0.3) is 0 Å². The normalized spacial score (nSPS) is 10.2. The van der Waals surface area contributed by atoms with Gasteiger partial charge in [0.05, 0.1) is 6.61 Å². The quantitative estimate of drug-likeness (QED) is 0.836. The lowest BCUT2D eigenvalue weighted by Gasteiger charge is -2.12. The van der Waals surface area contributed by atoms with E-state index in [2.05, 4.69) is 9.97 Å². The standard InChI is InChI=1S/C14H18N4O2/c1-2-8-19-12-11(15)13(18-14(16)17-12)20-9-10-6-4-3-5-7-10/h3-7H,2,8-9,15H2,1H3,(H2,16,17,18). The van der Waals surface area contributed by atoms with Crippen LogP contribution >= 0.6 is 0 Å². The second-order valence-corrected chi connectivity index (χ2v) is 4.23. The van der Waals surface area contributed by atoms with E-state index in [1.165, 1.54) is 0 Å². The average molecular weight is 274 g/mol. The van der Waals surface area contributed by atoms with Gasteiger partial charge in [-0.05, 0) is 12.0 Å². The van der Waals surface area contributed by atoms with E-state index in [-0.39, 0.29) is 23.4 Å². The van der Waals surface area contributed by atoms with E-state index in [9.17, 15) is 0 Å². The lowest BCUT2D eigenvalue weighted by atomic mass is 10.2. The Hall–Kier alpha value is -2.50. The molecule has 0 bridgehead atoms. The molecule has 6 nitrogen and oxygen atoms in total. The van der Waals surface area contributed by atoms with E-state index >= 15 is 0 Å². The molecule has 0 saturated heterocycles. The van der Waals surface area contributed by atoms with Gasteiger partial charge in [-0.25, -0.2) is 0 Å². The predicted octanol–water partition coefficient (Wildman–Crippen LogP) is 2.01. The van der Waals surface area contributed by atoms with Crippen molar-refractivity contribution in [3.8, 4) is 11.8 Å². The maximum atomic E-state index is 5.93. The van der Waals surface area contributed by atoms with Crippen LogP contribution in [-0.2, 0) is 6.61 Å². The first-order valence-electron chi connectivity index (χ1n) is 6.43. The number of hydrogen-bond acceptors (Lipinski definition) is 6. The number of nitrogens with two attached hydrogens (primary N) is 2. The first-order valence-corrected chi connectivity index (χ1v) is 6.43. The molecular weight excluding hydrogens is 256 g/mol. The van der Waals surface area contributed by atoms with Gasteiger partial charge in [0, 0.05) is 0 Å². The summed E-state index contributed by atoms with van der Waals surface area (Å²) in [5, 5.41) is 0. The van der Waals surface area contributed by atoms with Crippen molar-refractivity contribution in [2.45, 2.75) is 20.0 Å². The molecule has 20 heavy (non-hydrogen) atoms. The van der Waals surface area contributed by atoms with Gasteiger partial charge in [-0.15, -0.1) is 0 Å². The Balaban J connectivity index is 2.12. The van der Waals surface area contributed by atoms with Crippen molar-refractivity contribution in [3.05, 3.63) is 35.9 Å². The fraction of sp³-hybridized carbons (Fsp3) is 0.286. The van der Waals surface area contributed by atoms with E-state index in [4.69, 9.17) is 20.9 Å². The summed E-state index contributed by atoms with van der Waals surface area (Å²) in [6, 6.07) is 9.72. The lowest BCUT2D eigenvalue weighted by Crippen LogP contribution is -2.09. The van der Waals surface area contributed by atoms with Gasteiger partial charge in [0.15, 0.2) is 5.69 Å². The average Bonchev–Trinajstić information content (AvgIpc) is 2.47. The minimum Gasteiger partial charge on any atom is -0.476 e. The summed E-state index contributed by atoms with van der Waals surface area (Å²) in [6.45, 7) is 2.86. The number of hydrogen-bond donors (Lipinski definition) is 2. The molecule has 0 amide bonds. The van der Waals surface area contributed by atoms with Crippen molar-refractivity contribution in [2.75, 3.05) is 18.1 Å². The second kappa shape index (κ2) is 6.60. The zero-order valence-corrected chi connectivity index (χ0v) is 11.4. The molecule has 0 atom stereocenters. The largest absolute Gasteiger partial charge is 0.476 e. The van der Waals surface area contributed by atoms with E-state index in [1.54, 1.807) is 0 Å². The Bertz CT molecular complexity index is 561. The van der Waals surface area contributed by atoms with Crippen molar-refractivity contribution >= 4 is 11.6 Å². The third-order valence-corrected chi connectivity index (χ3v) is 2.55. The molecule has 0 radical (unpaired) electrons. The molecule has 0 spiro atoms. The van der Waals surface area contributed by atoms with Crippen molar-refractivity contribution in [2.24, 2.45) is 0 Å². The first kappa shape index (κ1) is 13.9. The minimum absolute atomic E-state index is 0.0772. The van der Waals surface area contributed by atoms with Crippen LogP contribution in [0.5, 0.6) is 11.8 Å². The van der Waals surface area contributed by atoms with Crippen molar-refractivity contribution in [1.82, 2.24) is 9.97 Å². The van der Waals surface area contributed by atoms with Gasteiger partial charge in [-0.2, -0.15) is 9.97 Å². The molecule has 1 aromatic carbocycles. The molecule has 106 valence electrons. The van der Waals surface area contributed by atoms with Gasteiger partial charge in [0.1, 0.15) is 6.61 Å². The van der Waals surface area contributed by atoms with Crippen LogP contribution in [0.15, 0.2) is 30.3 Å². The third-order valence-electron chi connectivity index (χ3n) is 2.55. The smallest absolute Gasteiger partial charge is 0.246 e. The molecule has 0 aliphatic heterocycles. The van der Waals surface area contributed by atoms with Gasteiger partial charge >= 0.3 is 0 Å². The SMILES string of the molecule is CCCOc1nc(N)nc(OCc2ccccc2)c1N. The highest BCUT2D eigenvalue weighted by Crippen LogP contribution is 2.29. The van der Waals surface area contributed by atoms with Crippen LogP contribution in [0.1, 0.15) is 18.9 Å². The molecular formula is C14H18N4O2. The van der Waals surface area contributed by atoms with E-state index in [1.807, 2.05) is 37.3 Å². The number of anilines is 2. The Morgan fingerprint density at radius 1 is 1.00 bits per heavy atom. The molecule has 0 saturated carbocycles. The summed E-state index contributed by atoms with van der Waals surface area (Å²) in [6.07, 6.45) is 0.851. The van der Waals surface area contributed by atoms with Gasteiger partial charge in [0.25, 0.3) is 0 Å². The predicted molar refractivity (Wildman–Crippen MR) is 77.4 cm³/mol. The van der Waals surface area contributed by atoms with Crippen LogP contribution in [0.2, 0.25) is 0 Å². The summed E-state index contributed by atoms with van der Waals surface area (Å²) in [4.78, 5) is 7.96. The third kappa shape index (κ3) is 3.50. The fourth-order valence-electron chi connectivity index (χ4n) is 1.59. The summed E-state index contributed by atoms with van der Waals surface area (Å²) in [7, 11) is 0. The number of benzene rings is 1. The van der Waals surface area contributed by atoms with Crippen LogP contribution in [0.4, 0.5) is 11.6 Å². The maximum absolute atomic E-state index is 5.93. The maximum Gasteiger partial charge on any atom is 0.246 e. The number of ether oxygens (including phenoxy) is 2. The molecule has 1 aromatic heterocycles. The highest BCUT2D eigenvalue weighted by Gasteiger charge is 2.13. The Labute approximate surface area is 117 Å². The molecule has 0 fully saturated rings. The first-order chi connectivity index (χ1) is 9.70. The van der Waals surface area contributed by atoms with Crippen LogP contribution in [0, 0.1) is 0 Å². The number of rotatable bonds is 6. The van der Waals surface area contributed by atoms with Crippen molar-refractivity contribution in [3.63, 3.8) is 0 Å². The second-order valence-electron chi connectivity index (χ2n) is 4.23. The van der Waals surface area contributed by atoms with Crippen molar-refractivity contribution < 1.29 is 9.47 Å². The summed E-state index contributed by atoms with van der Waals surface area (Å²) >= 11 is 0. The van der Waals surface area contributed by atoms with Crippen LogP contribution in [0.3, 0.4) is 0 Å². The van der Waals surface area contributed by atoms with E-state index in [0.717, 1.165) is 12.0 Å². The van der Waals surface area contributed by atoms with E-state index < -0.39 is 0 Å². The Morgan fingerprint density at radius 3 is 2.30 bits per heavy atom. The summed E-state index contributed by atoms with van der Waals surface area (Å²) in [5.41, 5.74) is 12.8. The molecule has 0 aliphatic rings. The highest BCUT2D eigenvalue weighted by molar-refractivity contribution is 5.58. The molecule has 2 rings (SSSR count). The van der Waals surface area contributed by atoms with Crippen molar-refractivity contribution in [1.29, 1.82) is 0 Å². The Morgan fingerprint density at radius 2 is 1.65 bits per heavy atom. The van der Waals surface area contributed by atoms with Crippen LogP contribution in [-0.4, -0.2) is 16.6 Å². The molecule has 4 N–H and O–H groups in total. The van der Waals surface area contributed by atoms with Crippen LogP contribution < -0.4 is 20.9 Å². The zero-order valence-electron chi connectivity index (χ0n) is 11.4. The molecule has 0 unspecified atom stereocenters. The lowest BCUT2D eigenvalue weighted by molar-refractivity contribution is 0.283. The minimum atomic E-state index is 0.0772. The fourth-order valence-corrected chi connectivity index (χ4v) is 1.59. The molecule has 0 aliphatic carbocycles. The number of aromatic nitrogens is 2. The topological polar surface area (TPSA) is 96.3 Å². The zero-order chi connectivity index (χ0) is 14.4. The van der Waals surface area contributed by atoms with Gasteiger partial charge in [-0.3, -0.25) is 0 Å². The number of nitrogens with zero attached hydrogens (tertiary/aromatic N) is 2. The molecule has 1 heterocycles. The summed E-state index contributed by atoms with van der Waals surface area (Å²) in [5.74, 6) is 0.586. The monoisotopic (exact) mass is 274 g/mol. The van der Waals surface area contributed by atoms with E-state index in [0.29, 0.717) is 13.2 Å². The Kier molecular flexibility index (Phi) is 4.60. The highest BCUT2D eigenvalue weighted by atomic mass is 16.5. The molecule has 6 heteroatoms. The van der Waals surface area contributed by atoms with Gasteiger partial charge < -0.3 is 20.9 Å².